The Hall–Kier alpha value is -0.260. The van der Waals surface area contributed by atoms with Crippen LogP contribution in [0.2, 0.25) is 0 Å². The third-order valence-electron chi connectivity index (χ3n) is 5.84. The molecule has 0 unspecified atom stereocenters. The Balaban J connectivity index is 1.45. The highest BCUT2D eigenvalue weighted by molar-refractivity contribution is 5.08. The molecule has 3 fully saturated rings. The Morgan fingerprint density at radius 3 is 2.12 bits per heavy atom. The van der Waals surface area contributed by atoms with Crippen molar-refractivity contribution in [2.75, 3.05) is 0 Å². The molecule has 0 aromatic carbocycles. The van der Waals surface area contributed by atoms with E-state index in [4.69, 9.17) is 0 Å². The summed E-state index contributed by atoms with van der Waals surface area (Å²) in [4.78, 5) is 0. The van der Waals surface area contributed by atoms with Gasteiger partial charge in [-0.15, -0.1) is 6.58 Å². The molecule has 16 heavy (non-hydrogen) atoms. The molecule has 0 N–H and O–H groups in total. The van der Waals surface area contributed by atoms with Crippen LogP contribution < -0.4 is 0 Å². The fourth-order valence-corrected chi connectivity index (χ4v) is 4.70. The minimum atomic E-state index is 0.812. The first-order valence-corrected chi connectivity index (χ1v) is 7.33. The maximum atomic E-state index is 3.92. The summed E-state index contributed by atoms with van der Waals surface area (Å²) in [5, 5.41) is 0. The number of hydrogen-bond donors (Lipinski definition) is 0. The average Bonchev–Trinajstić information content (AvgIpc) is 2.17. The average molecular weight is 218 g/mol. The van der Waals surface area contributed by atoms with E-state index in [9.17, 15) is 0 Å². The molecule has 0 aromatic rings. The van der Waals surface area contributed by atoms with Gasteiger partial charge in [-0.05, 0) is 67.6 Å². The van der Waals surface area contributed by atoms with Crippen molar-refractivity contribution < 1.29 is 0 Å². The minimum absolute atomic E-state index is 0.812. The molecule has 3 aliphatic carbocycles. The summed E-state index contributed by atoms with van der Waals surface area (Å²) in [6, 6.07) is 0. The normalized spacial score (nSPS) is 51.8. The van der Waals surface area contributed by atoms with Crippen LogP contribution in [0.5, 0.6) is 0 Å². The van der Waals surface area contributed by atoms with Gasteiger partial charge in [-0.2, -0.15) is 0 Å². The van der Waals surface area contributed by atoms with Crippen molar-refractivity contribution in [1.29, 1.82) is 0 Å². The summed E-state index contributed by atoms with van der Waals surface area (Å²) < 4.78 is 0. The van der Waals surface area contributed by atoms with Crippen LogP contribution in [-0.4, -0.2) is 0 Å². The van der Waals surface area contributed by atoms with Crippen LogP contribution in [0, 0.1) is 29.1 Å². The van der Waals surface area contributed by atoms with Crippen molar-refractivity contribution in [1.82, 2.24) is 0 Å². The second-order valence-electron chi connectivity index (χ2n) is 7.09. The van der Waals surface area contributed by atoms with Gasteiger partial charge in [-0.3, -0.25) is 0 Å². The van der Waals surface area contributed by atoms with E-state index in [1.807, 2.05) is 0 Å². The van der Waals surface area contributed by atoms with Crippen molar-refractivity contribution in [3.05, 3.63) is 12.7 Å². The van der Waals surface area contributed by atoms with E-state index in [0.29, 0.717) is 0 Å². The van der Waals surface area contributed by atoms with Gasteiger partial charge in [0.15, 0.2) is 0 Å². The van der Waals surface area contributed by atoms with E-state index in [2.05, 4.69) is 19.6 Å². The van der Waals surface area contributed by atoms with Gasteiger partial charge in [0, 0.05) is 0 Å². The van der Waals surface area contributed by atoms with Crippen LogP contribution >= 0.6 is 0 Å². The molecule has 0 aromatic heterocycles. The first-order chi connectivity index (χ1) is 7.71. The van der Waals surface area contributed by atoms with Gasteiger partial charge < -0.3 is 0 Å². The number of rotatable bonds is 2. The summed E-state index contributed by atoms with van der Waals surface area (Å²) in [7, 11) is 0. The predicted octanol–water partition coefficient (Wildman–Crippen LogP) is 4.81. The second kappa shape index (κ2) is 3.89. The lowest BCUT2D eigenvalue weighted by atomic mass is 9.45. The van der Waals surface area contributed by atoms with Crippen LogP contribution in [-0.2, 0) is 0 Å². The van der Waals surface area contributed by atoms with Crippen molar-refractivity contribution in [2.24, 2.45) is 29.1 Å². The zero-order chi connectivity index (χ0) is 11.2. The zero-order valence-corrected chi connectivity index (χ0v) is 10.8. The predicted molar refractivity (Wildman–Crippen MR) is 69.2 cm³/mol. The maximum absolute atomic E-state index is 3.92. The molecule has 0 aliphatic heterocycles. The van der Waals surface area contributed by atoms with E-state index in [-0.39, 0.29) is 0 Å². The first-order valence-electron chi connectivity index (χ1n) is 7.33. The van der Waals surface area contributed by atoms with Gasteiger partial charge in [-0.1, -0.05) is 25.8 Å². The highest BCUT2D eigenvalue weighted by Crippen LogP contribution is 2.64. The van der Waals surface area contributed by atoms with Crippen molar-refractivity contribution in [3.63, 3.8) is 0 Å². The molecule has 0 nitrogen and oxygen atoms in total. The fraction of sp³-hybridized carbons (Fsp3) is 0.875. The Kier molecular flexibility index (Phi) is 2.64. The first kappa shape index (κ1) is 10.9. The molecule has 3 saturated carbocycles. The molecule has 0 atom stereocenters. The summed E-state index contributed by atoms with van der Waals surface area (Å²) in [6.45, 7) is 6.35. The highest BCUT2D eigenvalue weighted by Gasteiger charge is 2.53. The molecule has 3 rings (SSSR count). The summed E-state index contributed by atoms with van der Waals surface area (Å²) in [5.41, 5.74) is 0.812. The lowest BCUT2D eigenvalue weighted by molar-refractivity contribution is -0.0806. The van der Waals surface area contributed by atoms with Crippen LogP contribution in [0.3, 0.4) is 0 Å². The van der Waals surface area contributed by atoms with Crippen LogP contribution in [0.1, 0.15) is 58.3 Å². The fourth-order valence-electron chi connectivity index (χ4n) is 4.70. The van der Waals surface area contributed by atoms with Crippen molar-refractivity contribution in [3.8, 4) is 0 Å². The number of allylic oxidation sites excluding steroid dienone is 1. The van der Waals surface area contributed by atoms with Crippen LogP contribution in [0.4, 0.5) is 0 Å². The van der Waals surface area contributed by atoms with E-state index < -0.39 is 0 Å². The molecule has 0 bridgehead atoms. The molecule has 0 amide bonds. The Bertz CT molecular complexity index is 256. The van der Waals surface area contributed by atoms with Gasteiger partial charge in [0.1, 0.15) is 0 Å². The standard InChI is InChI=1S/C16H26/c1-3-13-8-16(9-13)10-15(11-16)14-6-4-12(2)5-7-14/h3,12-15H,1,4-11H2,2H3. The molecule has 3 aliphatic rings. The molecule has 90 valence electrons. The van der Waals surface area contributed by atoms with Crippen molar-refractivity contribution >= 4 is 0 Å². The van der Waals surface area contributed by atoms with Crippen LogP contribution in [0.15, 0.2) is 12.7 Å². The topological polar surface area (TPSA) is 0 Å². The van der Waals surface area contributed by atoms with Gasteiger partial charge in [0.25, 0.3) is 0 Å². The SMILES string of the molecule is C=CC1CC2(C1)CC(C1CCC(C)CC1)C2. The third kappa shape index (κ3) is 1.75. The Labute approximate surface area is 101 Å². The molecule has 0 heteroatoms. The van der Waals surface area contributed by atoms with E-state index in [1.54, 1.807) is 12.8 Å². The largest absolute Gasteiger partial charge is 0.103 e. The molecule has 0 radical (unpaired) electrons. The quantitative estimate of drug-likeness (QED) is 0.584. The second-order valence-corrected chi connectivity index (χ2v) is 7.09. The van der Waals surface area contributed by atoms with E-state index in [1.165, 1.54) is 38.5 Å². The van der Waals surface area contributed by atoms with Gasteiger partial charge in [-0.25, -0.2) is 0 Å². The summed E-state index contributed by atoms with van der Waals surface area (Å²) >= 11 is 0. The van der Waals surface area contributed by atoms with E-state index in [0.717, 1.165) is 29.1 Å². The molecule has 1 spiro atoms. The summed E-state index contributed by atoms with van der Waals surface area (Å²) in [6.07, 6.45) is 14.3. The van der Waals surface area contributed by atoms with Gasteiger partial charge in [0.2, 0.25) is 0 Å². The van der Waals surface area contributed by atoms with Gasteiger partial charge in [0.05, 0.1) is 0 Å². The molecule has 0 saturated heterocycles. The Morgan fingerprint density at radius 1 is 0.938 bits per heavy atom. The lowest BCUT2D eigenvalue weighted by Gasteiger charge is -2.59. The van der Waals surface area contributed by atoms with Gasteiger partial charge >= 0.3 is 0 Å². The molecular formula is C16H26. The van der Waals surface area contributed by atoms with Crippen LogP contribution in [0.25, 0.3) is 0 Å². The van der Waals surface area contributed by atoms with Crippen molar-refractivity contribution in [2.45, 2.75) is 58.3 Å². The summed E-state index contributed by atoms with van der Waals surface area (Å²) in [5.74, 6) is 4.09. The molecule has 0 heterocycles. The zero-order valence-electron chi connectivity index (χ0n) is 10.8. The third-order valence-corrected chi connectivity index (χ3v) is 5.84. The maximum Gasteiger partial charge on any atom is -0.0226 e. The lowest BCUT2D eigenvalue weighted by Crippen LogP contribution is -2.49. The monoisotopic (exact) mass is 218 g/mol. The Morgan fingerprint density at radius 2 is 1.56 bits per heavy atom. The molecular weight excluding hydrogens is 192 g/mol. The highest BCUT2D eigenvalue weighted by atomic mass is 14.6. The minimum Gasteiger partial charge on any atom is -0.103 e. The van der Waals surface area contributed by atoms with E-state index >= 15 is 0 Å². The smallest absolute Gasteiger partial charge is 0.0226 e. The number of hydrogen-bond acceptors (Lipinski definition) is 0.